The fourth-order valence-electron chi connectivity index (χ4n) is 2.88. The van der Waals surface area contributed by atoms with Crippen LogP contribution in [0.1, 0.15) is 39.5 Å². The van der Waals surface area contributed by atoms with Crippen LogP contribution in [0.15, 0.2) is 0 Å². The Morgan fingerprint density at radius 3 is 2.65 bits per heavy atom. The molecule has 2 heterocycles. The highest BCUT2D eigenvalue weighted by atomic mass is 16.2. The summed E-state index contributed by atoms with van der Waals surface area (Å²) in [5.74, 6) is -0.0901. The van der Waals surface area contributed by atoms with Crippen LogP contribution in [0.4, 0.5) is 4.79 Å². The summed E-state index contributed by atoms with van der Waals surface area (Å²) in [5.41, 5.74) is 0. The monoisotopic (exact) mass is 281 g/mol. The second kappa shape index (κ2) is 6.24. The number of amides is 4. The summed E-state index contributed by atoms with van der Waals surface area (Å²) in [6.45, 7) is 5.71. The molecule has 2 aliphatic heterocycles. The molecule has 2 saturated heterocycles. The summed E-state index contributed by atoms with van der Waals surface area (Å²) in [6.07, 6.45) is 3.29. The highest BCUT2D eigenvalue weighted by Gasteiger charge is 2.41. The zero-order valence-electron chi connectivity index (χ0n) is 12.3. The number of piperazine rings is 1. The van der Waals surface area contributed by atoms with Gasteiger partial charge >= 0.3 is 6.03 Å². The molecule has 2 fully saturated rings. The van der Waals surface area contributed by atoms with E-state index in [4.69, 9.17) is 0 Å². The normalized spacial score (nSPS) is 23.1. The van der Waals surface area contributed by atoms with E-state index >= 15 is 0 Å². The number of hydrogen-bond donors (Lipinski definition) is 0. The highest BCUT2D eigenvalue weighted by Crippen LogP contribution is 2.22. The number of urea groups is 1. The first-order valence-corrected chi connectivity index (χ1v) is 7.41. The zero-order valence-corrected chi connectivity index (χ0v) is 12.3. The van der Waals surface area contributed by atoms with Gasteiger partial charge in [-0.3, -0.25) is 14.5 Å². The van der Waals surface area contributed by atoms with Crippen molar-refractivity contribution in [1.29, 1.82) is 0 Å². The molecule has 6 heteroatoms. The van der Waals surface area contributed by atoms with Crippen LogP contribution in [0.25, 0.3) is 0 Å². The average Bonchev–Trinajstić information content (AvgIpc) is 2.41. The van der Waals surface area contributed by atoms with Crippen LogP contribution in [0.5, 0.6) is 0 Å². The number of nitrogens with zero attached hydrogens (tertiary/aromatic N) is 3. The van der Waals surface area contributed by atoms with Crippen molar-refractivity contribution in [3.8, 4) is 0 Å². The summed E-state index contributed by atoms with van der Waals surface area (Å²) >= 11 is 0. The molecule has 1 atom stereocenters. The molecule has 0 N–H and O–H groups in total. The molecule has 0 radical (unpaired) electrons. The number of unbranched alkanes of at least 4 members (excludes halogenated alkanes) is 2. The Hall–Kier alpha value is -1.59. The van der Waals surface area contributed by atoms with Crippen LogP contribution in [0, 0.1) is 0 Å². The summed E-state index contributed by atoms with van der Waals surface area (Å²) < 4.78 is 0. The molecule has 4 amide bonds. The third kappa shape index (κ3) is 2.94. The van der Waals surface area contributed by atoms with Crippen molar-refractivity contribution in [2.75, 3.05) is 26.2 Å². The molecule has 0 aromatic rings. The largest absolute Gasteiger partial charge is 0.339 e. The first-order valence-electron chi connectivity index (χ1n) is 7.41. The molecule has 0 bridgehead atoms. The van der Waals surface area contributed by atoms with Crippen molar-refractivity contribution in [1.82, 2.24) is 14.7 Å². The van der Waals surface area contributed by atoms with Crippen molar-refractivity contribution in [3.05, 3.63) is 0 Å². The van der Waals surface area contributed by atoms with E-state index in [1.807, 2.05) is 0 Å². The minimum atomic E-state index is -0.175. The Morgan fingerprint density at radius 2 is 2.00 bits per heavy atom. The number of carbonyl (C=O) groups is 3. The number of carbonyl (C=O) groups excluding carboxylic acids is 3. The van der Waals surface area contributed by atoms with Crippen LogP contribution in [0.3, 0.4) is 0 Å². The third-order valence-electron chi connectivity index (χ3n) is 4.10. The van der Waals surface area contributed by atoms with E-state index in [1.165, 1.54) is 11.8 Å². The third-order valence-corrected chi connectivity index (χ3v) is 4.10. The van der Waals surface area contributed by atoms with Gasteiger partial charge in [0.2, 0.25) is 11.8 Å². The Morgan fingerprint density at radius 1 is 1.25 bits per heavy atom. The molecule has 2 rings (SSSR count). The van der Waals surface area contributed by atoms with E-state index in [2.05, 4.69) is 6.92 Å². The standard InChI is InChI=1S/C14H23N3O3/c1-3-4-5-6-17-13(19)9-12-10-15(11(2)18)7-8-16(12)14(17)20/h12H,3-10H2,1-2H3. The topological polar surface area (TPSA) is 60.9 Å². The maximum absolute atomic E-state index is 12.4. The van der Waals surface area contributed by atoms with Crippen molar-refractivity contribution >= 4 is 17.8 Å². The summed E-state index contributed by atoms with van der Waals surface area (Å²) in [6, 6.07) is -0.319. The van der Waals surface area contributed by atoms with Gasteiger partial charge in [-0.25, -0.2) is 4.79 Å². The molecule has 20 heavy (non-hydrogen) atoms. The molecule has 0 aromatic carbocycles. The van der Waals surface area contributed by atoms with Crippen LogP contribution < -0.4 is 0 Å². The fourth-order valence-corrected chi connectivity index (χ4v) is 2.88. The predicted molar refractivity (Wildman–Crippen MR) is 74.0 cm³/mol. The first kappa shape index (κ1) is 14.8. The molecule has 1 unspecified atom stereocenters. The quantitative estimate of drug-likeness (QED) is 0.724. The van der Waals surface area contributed by atoms with Gasteiger partial charge < -0.3 is 9.80 Å². The molecule has 0 aliphatic carbocycles. The van der Waals surface area contributed by atoms with Crippen LogP contribution >= 0.6 is 0 Å². The minimum absolute atomic E-state index is 0.00919. The Kier molecular flexibility index (Phi) is 4.62. The SMILES string of the molecule is CCCCCN1C(=O)CC2CN(C(C)=O)CCN2C1=O. The van der Waals surface area contributed by atoms with Crippen molar-refractivity contribution in [2.45, 2.75) is 45.6 Å². The lowest BCUT2D eigenvalue weighted by Gasteiger charge is -2.46. The maximum atomic E-state index is 12.4. The smallest absolute Gasteiger partial charge is 0.327 e. The predicted octanol–water partition coefficient (Wildman–Crippen LogP) is 1.06. The van der Waals surface area contributed by atoms with Gasteiger partial charge in [-0.2, -0.15) is 0 Å². The lowest BCUT2D eigenvalue weighted by atomic mass is 10.0. The van der Waals surface area contributed by atoms with Gasteiger partial charge in [0.15, 0.2) is 0 Å². The molecule has 0 saturated carbocycles. The van der Waals surface area contributed by atoms with Gasteiger partial charge in [0.05, 0.1) is 6.04 Å². The number of fused-ring (bicyclic) bond motifs is 1. The van der Waals surface area contributed by atoms with Gasteiger partial charge in [-0.05, 0) is 6.42 Å². The fraction of sp³-hybridized carbons (Fsp3) is 0.786. The van der Waals surface area contributed by atoms with E-state index in [1.54, 1.807) is 9.80 Å². The summed E-state index contributed by atoms with van der Waals surface area (Å²) in [5, 5.41) is 0. The Balaban J connectivity index is 1.99. The highest BCUT2D eigenvalue weighted by molar-refractivity contribution is 5.97. The van der Waals surface area contributed by atoms with E-state index in [0.717, 1.165) is 19.3 Å². The number of hydrogen-bond acceptors (Lipinski definition) is 3. The lowest BCUT2D eigenvalue weighted by molar-refractivity contribution is -0.138. The number of rotatable bonds is 4. The van der Waals surface area contributed by atoms with Crippen LogP contribution in [-0.2, 0) is 9.59 Å². The zero-order chi connectivity index (χ0) is 14.7. The van der Waals surface area contributed by atoms with E-state index < -0.39 is 0 Å². The van der Waals surface area contributed by atoms with Gasteiger partial charge in [0, 0.05) is 39.5 Å². The molecule has 112 valence electrons. The Bertz CT molecular complexity index is 410. The van der Waals surface area contributed by atoms with Crippen LogP contribution in [0.2, 0.25) is 0 Å². The first-order chi connectivity index (χ1) is 9.54. The lowest BCUT2D eigenvalue weighted by Crippen LogP contribution is -2.64. The van der Waals surface area contributed by atoms with Gasteiger partial charge in [-0.15, -0.1) is 0 Å². The van der Waals surface area contributed by atoms with Gasteiger partial charge in [0.25, 0.3) is 0 Å². The average molecular weight is 281 g/mol. The van der Waals surface area contributed by atoms with E-state index in [-0.39, 0.29) is 23.9 Å². The molecule has 2 aliphatic rings. The van der Waals surface area contributed by atoms with Gasteiger partial charge in [0.1, 0.15) is 0 Å². The molecular weight excluding hydrogens is 258 g/mol. The second-order valence-corrected chi connectivity index (χ2v) is 5.55. The van der Waals surface area contributed by atoms with E-state index in [9.17, 15) is 14.4 Å². The van der Waals surface area contributed by atoms with Crippen molar-refractivity contribution < 1.29 is 14.4 Å². The van der Waals surface area contributed by atoms with Crippen molar-refractivity contribution in [3.63, 3.8) is 0 Å². The van der Waals surface area contributed by atoms with Gasteiger partial charge in [-0.1, -0.05) is 19.8 Å². The Labute approximate surface area is 119 Å². The molecular formula is C14H23N3O3. The maximum Gasteiger partial charge on any atom is 0.327 e. The second-order valence-electron chi connectivity index (χ2n) is 5.55. The summed E-state index contributed by atoms with van der Waals surface area (Å²) in [7, 11) is 0. The molecule has 0 spiro atoms. The van der Waals surface area contributed by atoms with Crippen molar-refractivity contribution in [2.24, 2.45) is 0 Å². The summed E-state index contributed by atoms with van der Waals surface area (Å²) in [4.78, 5) is 40.7. The van der Waals surface area contributed by atoms with Crippen LogP contribution in [-0.4, -0.2) is 64.8 Å². The molecule has 6 nitrogen and oxygen atoms in total. The van der Waals surface area contributed by atoms with E-state index in [0.29, 0.717) is 32.6 Å². The molecule has 0 aromatic heterocycles. The number of imide groups is 1. The minimum Gasteiger partial charge on any atom is -0.339 e.